The molecule has 0 unspecified atom stereocenters. The lowest BCUT2D eigenvalue weighted by atomic mass is 10.1. The van der Waals surface area contributed by atoms with Gasteiger partial charge in [-0.05, 0) is 36.8 Å². The summed E-state index contributed by atoms with van der Waals surface area (Å²) in [5, 5.41) is 3.79. The Morgan fingerprint density at radius 1 is 1.14 bits per heavy atom. The van der Waals surface area contributed by atoms with Crippen LogP contribution in [0.15, 0.2) is 65.6 Å². The Balaban J connectivity index is 1.96. The molecule has 22 heavy (non-hydrogen) atoms. The largest absolute Gasteiger partial charge is 0.364 e. The molecule has 0 aliphatic heterocycles. The number of hydrogen-bond donors (Lipinski definition) is 0. The van der Waals surface area contributed by atoms with E-state index in [4.69, 9.17) is 4.52 Å². The monoisotopic (exact) mass is 293 g/mol. The summed E-state index contributed by atoms with van der Waals surface area (Å²) < 4.78 is 4.90. The predicted octanol–water partition coefficient (Wildman–Crippen LogP) is 3.23. The van der Waals surface area contributed by atoms with Crippen LogP contribution in [0.3, 0.4) is 0 Å². The highest BCUT2D eigenvalue weighted by Gasteiger charge is 2.21. The van der Waals surface area contributed by atoms with E-state index in [1.54, 1.807) is 24.2 Å². The van der Waals surface area contributed by atoms with Crippen LogP contribution in [0.25, 0.3) is 0 Å². The molecule has 0 N–H and O–H groups in total. The van der Waals surface area contributed by atoms with Crippen molar-refractivity contribution >= 4 is 11.6 Å². The molecule has 0 aliphatic carbocycles. The van der Waals surface area contributed by atoms with Gasteiger partial charge in [-0.2, -0.15) is 0 Å². The van der Waals surface area contributed by atoms with Crippen LogP contribution in [-0.4, -0.2) is 16.0 Å². The number of rotatable bonds is 4. The molecule has 3 aromatic rings. The first-order chi connectivity index (χ1) is 10.8. The Morgan fingerprint density at radius 3 is 2.50 bits per heavy atom. The SMILES string of the molecule is Cc1nocc1C(=O)N(Cc1ccncc1)c1ccccc1. The minimum absolute atomic E-state index is 0.137. The Bertz CT molecular complexity index is 754. The third kappa shape index (κ3) is 2.88. The van der Waals surface area contributed by atoms with E-state index < -0.39 is 0 Å². The van der Waals surface area contributed by atoms with E-state index in [-0.39, 0.29) is 5.91 Å². The molecule has 1 amide bonds. The molecular formula is C17H15N3O2. The molecule has 0 spiro atoms. The number of para-hydroxylation sites is 1. The third-order valence-electron chi connectivity index (χ3n) is 3.38. The van der Waals surface area contributed by atoms with Gasteiger partial charge in [-0.1, -0.05) is 23.4 Å². The number of carbonyl (C=O) groups is 1. The number of hydrogen-bond acceptors (Lipinski definition) is 4. The Morgan fingerprint density at radius 2 is 1.86 bits per heavy atom. The van der Waals surface area contributed by atoms with Crippen molar-refractivity contribution in [3.63, 3.8) is 0 Å². The number of anilines is 1. The van der Waals surface area contributed by atoms with E-state index in [0.717, 1.165) is 11.3 Å². The van der Waals surface area contributed by atoms with Crippen molar-refractivity contribution in [1.29, 1.82) is 0 Å². The van der Waals surface area contributed by atoms with E-state index in [0.29, 0.717) is 17.8 Å². The number of pyridine rings is 1. The lowest BCUT2D eigenvalue weighted by molar-refractivity contribution is 0.0984. The molecule has 110 valence electrons. The summed E-state index contributed by atoms with van der Waals surface area (Å²) in [6.45, 7) is 2.21. The summed E-state index contributed by atoms with van der Waals surface area (Å²) in [5.41, 5.74) is 2.88. The van der Waals surface area contributed by atoms with Crippen LogP contribution in [-0.2, 0) is 6.54 Å². The Hall–Kier alpha value is -2.95. The molecule has 3 rings (SSSR count). The van der Waals surface area contributed by atoms with Crippen LogP contribution in [0.2, 0.25) is 0 Å². The lowest BCUT2D eigenvalue weighted by Gasteiger charge is -2.22. The van der Waals surface area contributed by atoms with Crippen molar-refractivity contribution in [2.75, 3.05) is 4.90 Å². The molecule has 1 aromatic carbocycles. The lowest BCUT2D eigenvalue weighted by Crippen LogP contribution is -2.30. The Kier molecular flexibility index (Phi) is 3.96. The van der Waals surface area contributed by atoms with Crippen molar-refractivity contribution in [2.24, 2.45) is 0 Å². The summed E-state index contributed by atoms with van der Waals surface area (Å²) in [5.74, 6) is -0.137. The number of aromatic nitrogens is 2. The van der Waals surface area contributed by atoms with Crippen LogP contribution in [0.1, 0.15) is 21.6 Å². The predicted molar refractivity (Wildman–Crippen MR) is 82.4 cm³/mol. The number of carbonyl (C=O) groups excluding carboxylic acids is 1. The van der Waals surface area contributed by atoms with Gasteiger partial charge in [0.2, 0.25) is 0 Å². The second-order valence-electron chi connectivity index (χ2n) is 4.90. The quantitative estimate of drug-likeness (QED) is 0.741. The average Bonchev–Trinajstić information content (AvgIpc) is 3.00. The first kappa shape index (κ1) is 14.0. The van der Waals surface area contributed by atoms with Gasteiger partial charge in [-0.15, -0.1) is 0 Å². The second kappa shape index (κ2) is 6.22. The fourth-order valence-electron chi connectivity index (χ4n) is 2.20. The molecule has 0 saturated heterocycles. The fourth-order valence-corrected chi connectivity index (χ4v) is 2.20. The molecule has 0 fully saturated rings. The molecule has 5 heteroatoms. The molecular weight excluding hydrogens is 278 g/mol. The highest BCUT2D eigenvalue weighted by atomic mass is 16.5. The smallest absolute Gasteiger partial charge is 0.263 e. The fraction of sp³-hybridized carbons (Fsp3) is 0.118. The maximum Gasteiger partial charge on any atom is 0.263 e. The first-order valence-electron chi connectivity index (χ1n) is 6.92. The van der Waals surface area contributed by atoms with Crippen LogP contribution in [0.5, 0.6) is 0 Å². The van der Waals surface area contributed by atoms with Gasteiger partial charge in [0.05, 0.1) is 12.2 Å². The van der Waals surface area contributed by atoms with Gasteiger partial charge in [-0.3, -0.25) is 9.78 Å². The third-order valence-corrected chi connectivity index (χ3v) is 3.38. The zero-order chi connectivity index (χ0) is 15.4. The highest BCUT2D eigenvalue weighted by molar-refractivity contribution is 6.06. The molecule has 0 radical (unpaired) electrons. The van der Waals surface area contributed by atoms with Gasteiger partial charge in [0, 0.05) is 18.1 Å². The highest BCUT2D eigenvalue weighted by Crippen LogP contribution is 2.20. The topological polar surface area (TPSA) is 59.2 Å². The molecule has 2 aromatic heterocycles. The maximum atomic E-state index is 12.8. The van der Waals surface area contributed by atoms with Gasteiger partial charge >= 0.3 is 0 Å². The molecule has 2 heterocycles. The minimum atomic E-state index is -0.137. The van der Waals surface area contributed by atoms with E-state index in [1.807, 2.05) is 42.5 Å². The standard InChI is InChI=1S/C17H15N3O2/c1-13-16(12-22-19-13)17(21)20(15-5-3-2-4-6-15)11-14-7-9-18-10-8-14/h2-10,12H,11H2,1H3. The molecule has 0 atom stereocenters. The average molecular weight is 293 g/mol. The van der Waals surface area contributed by atoms with Crippen molar-refractivity contribution < 1.29 is 9.32 Å². The normalized spacial score (nSPS) is 10.4. The summed E-state index contributed by atoms with van der Waals surface area (Å²) in [7, 11) is 0. The summed E-state index contributed by atoms with van der Waals surface area (Å²) in [6.07, 6.45) is 4.82. The van der Waals surface area contributed by atoms with Gasteiger partial charge in [0.15, 0.2) is 0 Å². The van der Waals surface area contributed by atoms with Crippen LogP contribution in [0.4, 0.5) is 5.69 Å². The van der Waals surface area contributed by atoms with Crippen molar-refractivity contribution in [3.05, 3.63) is 77.9 Å². The van der Waals surface area contributed by atoms with Gasteiger partial charge in [0.1, 0.15) is 11.8 Å². The van der Waals surface area contributed by atoms with Crippen molar-refractivity contribution in [3.8, 4) is 0 Å². The van der Waals surface area contributed by atoms with Crippen LogP contribution in [0, 0.1) is 6.92 Å². The summed E-state index contributed by atoms with van der Waals surface area (Å²) >= 11 is 0. The van der Waals surface area contributed by atoms with E-state index in [2.05, 4.69) is 10.1 Å². The van der Waals surface area contributed by atoms with Crippen molar-refractivity contribution in [1.82, 2.24) is 10.1 Å². The number of benzene rings is 1. The first-order valence-corrected chi connectivity index (χ1v) is 6.92. The van der Waals surface area contributed by atoms with Crippen molar-refractivity contribution in [2.45, 2.75) is 13.5 Å². The number of nitrogens with zero attached hydrogens (tertiary/aromatic N) is 3. The number of aryl methyl sites for hydroxylation is 1. The van der Waals surface area contributed by atoms with E-state index in [9.17, 15) is 4.79 Å². The van der Waals surface area contributed by atoms with Gasteiger partial charge in [-0.25, -0.2) is 0 Å². The second-order valence-corrected chi connectivity index (χ2v) is 4.90. The zero-order valence-electron chi connectivity index (χ0n) is 12.1. The van der Waals surface area contributed by atoms with Crippen LogP contribution < -0.4 is 4.90 Å². The minimum Gasteiger partial charge on any atom is -0.364 e. The molecule has 0 bridgehead atoms. The van der Waals surface area contributed by atoms with Gasteiger partial charge < -0.3 is 9.42 Å². The van der Waals surface area contributed by atoms with E-state index >= 15 is 0 Å². The Labute approximate surface area is 128 Å². The van der Waals surface area contributed by atoms with Gasteiger partial charge in [0.25, 0.3) is 5.91 Å². The molecule has 5 nitrogen and oxygen atoms in total. The van der Waals surface area contributed by atoms with E-state index in [1.165, 1.54) is 6.26 Å². The number of amides is 1. The van der Waals surface area contributed by atoms with Crippen LogP contribution >= 0.6 is 0 Å². The maximum absolute atomic E-state index is 12.8. The zero-order valence-corrected chi connectivity index (χ0v) is 12.1. The molecule has 0 saturated carbocycles. The molecule has 0 aliphatic rings. The summed E-state index contributed by atoms with van der Waals surface area (Å²) in [6, 6.07) is 13.3. The summed E-state index contributed by atoms with van der Waals surface area (Å²) in [4.78, 5) is 18.6.